The van der Waals surface area contributed by atoms with Crippen molar-refractivity contribution in [2.24, 2.45) is 0 Å². The van der Waals surface area contributed by atoms with Crippen molar-refractivity contribution >= 4 is 34.6 Å². The van der Waals surface area contributed by atoms with Crippen LogP contribution in [0.25, 0.3) is 16.6 Å². The lowest BCUT2D eigenvalue weighted by molar-refractivity contribution is 0.0679. The fraction of sp³-hybridized carbons (Fsp3) is 0.407. The fourth-order valence-corrected chi connectivity index (χ4v) is 5.64. The van der Waals surface area contributed by atoms with Crippen LogP contribution in [0, 0.1) is 5.82 Å². The summed E-state index contributed by atoms with van der Waals surface area (Å²) in [5.74, 6) is 0.0860. The van der Waals surface area contributed by atoms with Gasteiger partial charge in [-0.2, -0.15) is 0 Å². The van der Waals surface area contributed by atoms with Gasteiger partial charge >= 0.3 is 12.1 Å². The molecule has 7 nitrogen and oxygen atoms in total. The first kappa shape index (κ1) is 24.6. The van der Waals surface area contributed by atoms with Gasteiger partial charge in [-0.1, -0.05) is 11.6 Å². The molecular weight excluding hydrogens is 481 g/mol. The largest absolute Gasteiger partial charge is 0.330 e. The highest BCUT2D eigenvalue weighted by Crippen LogP contribution is 2.37. The molecule has 0 radical (unpaired) electrons. The van der Waals surface area contributed by atoms with E-state index >= 15 is 0 Å². The van der Waals surface area contributed by atoms with Crippen LogP contribution >= 0.6 is 11.6 Å². The zero-order valence-corrected chi connectivity index (χ0v) is 21.6. The van der Waals surface area contributed by atoms with E-state index in [1.165, 1.54) is 27.5 Å². The number of likely N-dealkylation sites (tertiary alicyclic amines) is 1. The number of hydrogen-bond donors (Lipinski definition) is 0. The zero-order valence-electron chi connectivity index (χ0n) is 20.8. The number of amides is 4. The van der Waals surface area contributed by atoms with E-state index in [9.17, 15) is 14.0 Å². The van der Waals surface area contributed by atoms with Crippen molar-refractivity contribution < 1.29 is 14.0 Å². The van der Waals surface area contributed by atoms with Crippen molar-refractivity contribution in [1.82, 2.24) is 24.2 Å². The number of aromatic nitrogens is 1. The summed E-state index contributed by atoms with van der Waals surface area (Å²) in [6, 6.07) is 11.9. The van der Waals surface area contributed by atoms with Gasteiger partial charge in [-0.25, -0.2) is 18.9 Å². The molecule has 2 aliphatic rings. The van der Waals surface area contributed by atoms with E-state index in [-0.39, 0.29) is 24.0 Å². The molecule has 0 saturated carbocycles. The summed E-state index contributed by atoms with van der Waals surface area (Å²) in [7, 11) is 3.32. The molecule has 190 valence electrons. The monoisotopic (exact) mass is 511 g/mol. The van der Waals surface area contributed by atoms with E-state index in [0.717, 1.165) is 42.5 Å². The lowest BCUT2D eigenvalue weighted by atomic mass is 9.89. The van der Waals surface area contributed by atoms with E-state index in [4.69, 9.17) is 11.6 Å². The number of carbonyl (C=O) groups is 2. The van der Waals surface area contributed by atoms with Crippen LogP contribution in [0.2, 0.25) is 5.02 Å². The Labute approximate surface area is 215 Å². The summed E-state index contributed by atoms with van der Waals surface area (Å²) in [4.78, 5) is 32.1. The van der Waals surface area contributed by atoms with Gasteiger partial charge in [-0.3, -0.25) is 4.90 Å². The first-order valence-electron chi connectivity index (χ1n) is 12.3. The highest BCUT2D eigenvalue weighted by molar-refractivity contribution is 6.31. The normalized spacial score (nSPS) is 18.3. The molecule has 2 aliphatic heterocycles. The summed E-state index contributed by atoms with van der Waals surface area (Å²) in [5.41, 5.74) is 3.19. The molecule has 2 saturated heterocycles. The van der Waals surface area contributed by atoms with Crippen LogP contribution in [0.15, 0.2) is 48.7 Å². The minimum Gasteiger partial charge on any atom is -0.330 e. The highest BCUT2D eigenvalue weighted by Gasteiger charge is 2.39. The fourth-order valence-electron chi connectivity index (χ4n) is 5.47. The molecule has 3 heterocycles. The van der Waals surface area contributed by atoms with Crippen molar-refractivity contribution in [1.29, 1.82) is 0 Å². The SMILES string of the molecule is CC(N1CCC(c2cn(-c3ccc(F)cc3)c3ccc(Cl)cc23)CC1)N1CCN(C(=O)N(C)C)C1=O. The zero-order chi connectivity index (χ0) is 25.6. The van der Waals surface area contributed by atoms with E-state index in [1.54, 1.807) is 31.1 Å². The molecule has 4 amide bonds. The number of fused-ring (bicyclic) bond motifs is 1. The number of urea groups is 2. The van der Waals surface area contributed by atoms with Gasteiger partial charge in [0.1, 0.15) is 5.82 Å². The molecule has 3 aromatic rings. The van der Waals surface area contributed by atoms with Gasteiger partial charge in [0.05, 0.1) is 11.7 Å². The molecule has 2 fully saturated rings. The molecule has 0 bridgehead atoms. The molecule has 5 rings (SSSR count). The Morgan fingerprint density at radius 2 is 1.75 bits per heavy atom. The number of benzene rings is 2. The predicted octanol–water partition coefficient (Wildman–Crippen LogP) is 5.37. The molecule has 2 aromatic carbocycles. The van der Waals surface area contributed by atoms with Crippen molar-refractivity contribution in [2.75, 3.05) is 40.3 Å². The maximum atomic E-state index is 13.5. The van der Waals surface area contributed by atoms with Gasteiger partial charge in [0.2, 0.25) is 0 Å². The van der Waals surface area contributed by atoms with Crippen LogP contribution in [-0.2, 0) is 0 Å². The standard InChI is InChI=1S/C27H31ClFN5O2/c1-18(32-14-15-33(27(32)36)26(35)30(2)3)31-12-10-19(11-13-31)24-17-34(22-7-5-21(29)6-8-22)25-9-4-20(28)16-23(24)25/h4-9,16-19H,10-15H2,1-3H3. The van der Waals surface area contributed by atoms with Gasteiger partial charge < -0.3 is 14.4 Å². The molecule has 0 aliphatic carbocycles. The van der Waals surface area contributed by atoms with Gasteiger partial charge in [0.15, 0.2) is 0 Å². The number of imide groups is 1. The predicted molar refractivity (Wildman–Crippen MR) is 139 cm³/mol. The molecule has 1 unspecified atom stereocenters. The number of rotatable bonds is 4. The number of carbonyl (C=O) groups excluding carboxylic acids is 2. The Balaban J connectivity index is 1.33. The summed E-state index contributed by atoms with van der Waals surface area (Å²) in [6.45, 7) is 4.70. The molecule has 0 N–H and O–H groups in total. The Morgan fingerprint density at radius 3 is 2.42 bits per heavy atom. The number of hydrogen-bond acceptors (Lipinski definition) is 3. The van der Waals surface area contributed by atoms with E-state index in [0.29, 0.717) is 24.0 Å². The van der Waals surface area contributed by atoms with Crippen LogP contribution in [0.4, 0.5) is 14.0 Å². The smallest absolute Gasteiger partial charge is 0.329 e. The summed E-state index contributed by atoms with van der Waals surface area (Å²) < 4.78 is 15.6. The van der Waals surface area contributed by atoms with E-state index in [2.05, 4.69) is 15.7 Å². The van der Waals surface area contributed by atoms with Crippen molar-refractivity contribution in [3.8, 4) is 5.69 Å². The maximum absolute atomic E-state index is 13.5. The van der Waals surface area contributed by atoms with Gasteiger partial charge in [0, 0.05) is 62.6 Å². The Bertz CT molecular complexity index is 1280. The molecular formula is C27H31ClFN5O2. The summed E-state index contributed by atoms with van der Waals surface area (Å²) in [5, 5.41) is 1.81. The molecule has 9 heteroatoms. The first-order valence-corrected chi connectivity index (χ1v) is 12.7. The third-order valence-electron chi connectivity index (χ3n) is 7.51. The van der Waals surface area contributed by atoms with Crippen LogP contribution in [0.1, 0.15) is 31.2 Å². The Kier molecular flexibility index (Phi) is 6.66. The average Bonchev–Trinajstić information content (AvgIpc) is 3.44. The minimum absolute atomic E-state index is 0.0755. The first-order chi connectivity index (χ1) is 17.2. The number of nitrogens with zero attached hydrogens (tertiary/aromatic N) is 5. The minimum atomic E-state index is -0.274. The van der Waals surface area contributed by atoms with Crippen LogP contribution in [0.5, 0.6) is 0 Å². The second-order valence-electron chi connectivity index (χ2n) is 9.84. The highest BCUT2D eigenvalue weighted by atomic mass is 35.5. The van der Waals surface area contributed by atoms with Crippen LogP contribution in [0.3, 0.4) is 0 Å². The van der Waals surface area contributed by atoms with Crippen molar-refractivity contribution in [3.05, 3.63) is 65.1 Å². The molecule has 1 atom stereocenters. The topological polar surface area (TPSA) is 52.0 Å². The maximum Gasteiger partial charge on any atom is 0.329 e. The van der Waals surface area contributed by atoms with Crippen LogP contribution < -0.4 is 0 Å². The second-order valence-corrected chi connectivity index (χ2v) is 10.3. The number of halogens is 2. The molecule has 36 heavy (non-hydrogen) atoms. The number of piperidine rings is 1. The van der Waals surface area contributed by atoms with Crippen molar-refractivity contribution in [3.63, 3.8) is 0 Å². The van der Waals surface area contributed by atoms with Gasteiger partial charge in [0.25, 0.3) is 0 Å². The quantitative estimate of drug-likeness (QED) is 0.473. The van der Waals surface area contributed by atoms with E-state index in [1.807, 2.05) is 25.1 Å². The Hall–Kier alpha value is -3.10. The molecule has 0 spiro atoms. The third kappa shape index (κ3) is 4.44. The molecule has 1 aromatic heterocycles. The van der Waals surface area contributed by atoms with Gasteiger partial charge in [-0.05, 0) is 73.7 Å². The van der Waals surface area contributed by atoms with Gasteiger partial charge in [-0.15, -0.1) is 0 Å². The Morgan fingerprint density at radius 1 is 1.06 bits per heavy atom. The third-order valence-corrected chi connectivity index (χ3v) is 7.74. The summed E-state index contributed by atoms with van der Waals surface area (Å²) >= 11 is 6.37. The summed E-state index contributed by atoms with van der Waals surface area (Å²) in [6.07, 6.45) is 3.98. The second kappa shape index (κ2) is 9.75. The lowest BCUT2D eigenvalue weighted by Crippen LogP contribution is -2.51. The van der Waals surface area contributed by atoms with Crippen molar-refractivity contribution in [2.45, 2.75) is 31.8 Å². The lowest BCUT2D eigenvalue weighted by Gasteiger charge is -2.39. The average molecular weight is 512 g/mol. The van der Waals surface area contributed by atoms with E-state index < -0.39 is 0 Å². The van der Waals surface area contributed by atoms with Crippen LogP contribution in [-0.4, -0.2) is 82.7 Å².